The molecule has 2 N–H and O–H groups in total. The van der Waals surface area contributed by atoms with Crippen LogP contribution in [0.2, 0.25) is 18.1 Å². The van der Waals surface area contributed by atoms with Crippen molar-refractivity contribution >= 4 is 8.32 Å². The van der Waals surface area contributed by atoms with Gasteiger partial charge < -0.3 is 9.26 Å². The first-order valence-corrected chi connectivity index (χ1v) is 7.94. The van der Waals surface area contributed by atoms with Gasteiger partial charge in [-0.2, -0.15) is 0 Å². The molecule has 0 aliphatic heterocycles. The van der Waals surface area contributed by atoms with Crippen molar-refractivity contribution in [3.05, 3.63) is 0 Å². The lowest BCUT2D eigenvalue weighted by Crippen LogP contribution is -2.49. The van der Waals surface area contributed by atoms with Crippen molar-refractivity contribution in [2.45, 2.75) is 58.4 Å². The molecule has 0 aliphatic carbocycles. The molecule has 0 atom stereocenters. The molecule has 4 heteroatoms. The van der Waals surface area contributed by atoms with Crippen molar-refractivity contribution in [1.82, 2.24) is 0 Å². The van der Waals surface area contributed by atoms with Crippen molar-refractivity contribution in [3.63, 3.8) is 0 Å². The quantitative estimate of drug-likeness (QED) is 0.584. The molecule has 0 bridgehead atoms. The summed E-state index contributed by atoms with van der Waals surface area (Å²) in [4.78, 5) is 4.66. The zero-order valence-corrected chi connectivity index (χ0v) is 11.6. The van der Waals surface area contributed by atoms with Gasteiger partial charge in [-0.1, -0.05) is 20.8 Å². The summed E-state index contributed by atoms with van der Waals surface area (Å²) in [5.41, 5.74) is -0.294. The predicted octanol–water partition coefficient (Wildman–Crippen LogP) is 2.68. The fraction of sp³-hybridized carbons (Fsp3) is 1.00. The van der Waals surface area contributed by atoms with Crippen molar-refractivity contribution < 1.29 is 9.26 Å². The number of hydrogen-bond donors (Lipinski definition) is 1. The van der Waals surface area contributed by atoms with Gasteiger partial charge in [-0.25, -0.2) is 5.90 Å². The Morgan fingerprint density at radius 2 is 1.50 bits per heavy atom. The molecule has 0 unspecified atom stereocenters. The second kappa shape index (κ2) is 4.31. The Balaban J connectivity index is 4.50. The first-order chi connectivity index (χ1) is 6.02. The number of rotatable bonds is 4. The second-order valence-electron chi connectivity index (χ2n) is 5.93. The molecule has 0 heterocycles. The molecule has 14 heavy (non-hydrogen) atoms. The molecule has 0 radical (unpaired) electrons. The van der Waals surface area contributed by atoms with Crippen LogP contribution in [0.1, 0.15) is 34.6 Å². The SMILES string of the molecule is CC(C)(CON)O[Si](C)(C)C(C)(C)C. The van der Waals surface area contributed by atoms with Gasteiger partial charge in [-0.3, -0.25) is 0 Å². The minimum absolute atomic E-state index is 0.221. The van der Waals surface area contributed by atoms with E-state index in [0.717, 1.165) is 0 Å². The van der Waals surface area contributed by atoms with E-state index in [2.05, 4.69) is 38.7 Å². The maximum atomic E-state index is 6.16. The lowest BCUT2D eigenvalue weighted by molar-refractivity contribution is -0.0126. The van der Waals surface area contributed by atoms with E-state index in [0.29, 0.717) is 6.61 Å². The second-order valence-corrected chi connectivity index (χ2v) is 10.7. The van der Waals surface area contributed by atoms with Gasteiger partial charge in [-0.15, -0.1) is 0 Å². The zero-order valence-electron chi connectivity index (χ0n) is 10.6. The minimum Gasteiger partial charge on any atom is -0.409 e. The highest BCUT2D eigenvalue weighted by Crippen LogP contribution is 2.38. The van der Waals surface area contributed by atoms with Crippen LogP contribution in [0.15, 0.2) is 0 Å². The Hall–Kier alpha value is 0.0969. The van der Waals surface area contributed by atoms with Crippen LogP contribution in [0.25, 0.3) is 0 Å². The number of nitrogens with two attached hydrogens (primary N) is 1. The van der Waals surface area contributed by atoms with Crippen molar-refractivity contribution in [1.29, 1.82) is 0 Å². The van der Waals surface area contributed by atoms with Gasteiger partial charge in [-0.05, 0) is 32.0 Å². The van der Waals surface area contributed by atoms with Crippen LogP contribution in [0.3, 0.4) is 0 Å². The predicted molar refractivity (Wildman–Crippen MR) is 62.5 cm³/mol. The largest absolute Gasteiger partial charge is 0.409 e. The Bertz CT molecular complexity index is 185. The maximum absolute atomic E-state index is 6.16. The van der Waals surface area contributed by atoms with Crippen molar-refractivity contribution in [2.24, 2.45) is 5.90 Å². The van der Waals surface area contributed by atoms with Crippen LogP contribution in [0.5, 0.6) is 0 Å². The molecule has 0 saturated carbocycles. The molecule has 0 spiro atoms. The van der Waals surface area contributed by atoms with Gasteiger partial charge in [0.2, 0.25) is 0 Å². The van der Waals surface area contributed by atoms with E-state index in [4.69, 9.17) is 10.3 Å². The standard InChI is InChI=1S/C10H25NO2Si/c1-9(2,3)14(6,7)13-10(4,5)8-12-11/h8,11H2,1-7H3. The molecule has 3 nitrogen and oxygen atoms in total. The highest BCUT2D eigenvalue weighted by molar-refractivity contribution is 6.74. The van der Waals surface area contributed by atoms with E-state index in [1.807, 2.05) is 13.8 Å². The topological polar surface area (TPSA) is 44.5 Å². The van der Waals surface area contributed by atoms with Crippen molar-refractivity contribution in [2.75, 3.05) is 6.61 Å². The van der Waals surface area contributed by atoms with E-state index in [1.165, 1.54) is 0 Å². The molecule has 0 amide bonds. The average Bonchev–Trinajstić information content (AvgIpc) is 1.80. The monoisotopic (exact) mass is 219 g/mol. The molecular weight excluding hydrogens is 194 g/mol. The van der Waals surface area contributed by atoms with E-state index < -0.39 is 8.32 Å². The Kier molecular flexibility index (Phi) is 4.34. The van der Waals surface area contributed by atoms with Gasteiger partial charge >= 0.3 is 0 Å². The van der Waals surface area contributed by atoms with Crippen molar-refractivity contribution in [3.8, 4) is 0 Å². The Morgan fingerprint density at radius 3 is 1.79 bits per heavy atom. The first kappa shape index (κ1) is 14.1. The molecule has 0 aromatic rings. The lowest BCUT2D eigenvalue weighted by Gasteiger charge is -2.42. The molecule has 86 valence electrons. The van der Waals surface area contributed by atoms with Gasteiger partial charge in [0.25, 0.3) is 0 Å². The molecule has 0 aromatic heterocycles. The third kappa shape index (κ3) is 4.08. The summed E-state index contributed by atoms with van der Waals surface area (Å²) in [7, 11) is -1.71. The van der Waals surface area contributed by atoms with Crippen LogP contribution in [0, 0.1) is 0 Å². The van der Waals surface area contributed by atoms with E-state index in [9.17, 15) is 0 Å². The normalized spacial score (nSPS) is 14.6. The lowest BCUT2D eigenvalue weighted by atomic mass is 10.2. The summed E-state index contributed by atoms with van der Waals surface area (Å²) in [6.07, 6.45) is 0. The van der Waals surface area contributed by atoms with Gasteiger partial charge in [0.15, 0.2) is 8.32 Å². The van der Waals surface area contributed by atoms with Gasteiger partial charge in [0.05, 0.1) is 12.2 Å². The van der Waals surface area contributed by atoms with Crippen LogP contribution < -0.4 is 5.90 Å². The van der Waals surface area contributed by atoms with Crippen LogP contribution in [-0.2, 0) is 9.26 Å². The smallest absolute Gasteiger partial charge is 0.192 e. The average molecular weight is 219 g/mol. The van der Waals surface area contributed by atoms with Gasteiger partial charge in [0, 0.05) is 0 Å². The summed E-state index contributed by atoms with van der Waals surface area (Å²) in [5.74, 6) is 5.08. The fourth-order valence-electron chi connectivity index (χ4n) is 1.07. The molecule has 0 aromatic carbocycles. The molecule has 0 fully saturated rings. The summed E-state index contributed by atoms with van der Waals surface area (Å²) in [5, 5.41) is 0.221. The third-order valence-electron chi connectivity index (χ3n) is 2.77. The zero-order chi connectivity index (χ0) is 11.6. The third-order valence-corrected chi connectivity index (χ3v) is 7.44. The Morgan fingerprint density at radius 1 is 1.07 bits per heavy atom. The summed E-state index contributed by atoms with van der Waals surface area (Å²) in [6.45, 7) is 15.6. The highest BCUT2D eigenvalue weighted by Gasteiger charge is 2.41. The highest BCUT2D eigenvalue weighted by atomic mass is 28.4. The number of hydrogen-bond acceptors (Lipinski definition) is 3. The summed E-state index contributed by atoms with van der Waals surface area (Å²) < 4.78 is 6.16. The summed E-state index contributed by atoms with van der Waals surface area (Å²) in [6, 6.07) is 0. The van der Waals surface area contributed by atoms with Crippen LogP contribution in [0.4, 0.5) is 0 Å². The molecular formula is C10H25NO2Si. The molecule has 0 rings (SSSR count). The van der Waals surface area contributed by atoms with Crippen LogP contribution >= 0.6 is 0 Å². The van der Waals surface area contributed by atoms with Crippen LogP contribution in [-0.4, -0.2) is 20.5 Å². The van der Waals surface area contributed by atoms with Gasteiger partial charge in [0.1, 0.15) is 0 Å². The minimum atomic E-state index is -1.71. The Labute approximate surface area is 89.0 Å². The first-order valence-electron chi connectivity index (χ1n) is 5.04. The van der Waals surface area contributed by atoms with E-state index in [1.54, 1.807) is 0 Å². The fourth-order valence-corrected chi connectivity index (χ4v) is 2.82. The molecule has 0 aliphatic rings. The van der Waals surface area contributed by atoms with E-state index in [-0.39, 0.29) is 10.6 Å². The summed E-state index contributed by atoms with van der Waals surface area (Å²) >= 11 is 0. The maximum Gasteiger partial charge on any atom is 0.192 e. The molecule has 0 saturated heterocycles. The van der Waals surface area contributed by atoms with E-state index >= 15 is 0 Å².